The summed E-state index contributed by atoms with van der Waals surface area (Å²) in [5.41, 5.74) is 1.13. The van der Waals surface area contributed by atoms with Crippen molar-refractivity contribution in [2.75, 3.05) is 0 Å². The minimum absolute atomic E-state index is 0.365. The summed E-state index contributed by atoms with van der Waals surface area (Å²) in [6.45, 7) is 0. The van der Waals surface area contributed by atoms with Gasteiger partial charge >= 0.3 is 6.18 Å². The Hall–Kier alpha value is -2.94. The lowest BCUT2D eigenvalue weighted by atomic mass is 10.1. The molecule has 0 radical (unpaired) electrons. The zero-order valence-corrected chi connectivity index (χ0v) is 14.6. The van der Waals surface area contributed by atoms with Crippen LogP contribution >= 0.6 is 11.8 Å². The summed E-state index contributed by atoms with van der Waals surface area (Å²) in [6, 6.07) is 14.3. The van der Waals surface area contributed by atoms with Gasteiger partial charge in [0.25, 0.3) is 0 Å². The van der Waals surface area contributed by atoms with Crippen LogP contribution in [0.25, 0.3) is 17.2 Å². The van der Waals surface area contributed by atoms with Gasteiger partial charge in [-0.1, -0.05) is 36.0 Å². The maximum atomic E-state index is 12.8. The van der Waals surface area contributed by atoms with Gasteiger partial charge in [0, 0.05) is 11.9 Å². The van der Waals surface area contributed by atoms with Crippen molar-refractivity contribution in [1.29, 1.82) is 0 Å². The van der Waals surface area contributed by atoms with Crippen molar-refractivity contribution in [3.8, 4) is 11.5 Å². The third kappa shape index (κ3) is 3.77. The molecule has 3 heterocycles. The van der Waals surface area contributed by atoms with Crippen LogP contribution < -0.4 is 0 Å². The average molecular weight is 387 g/mol. The fourth-order valence-corrected chi connectivity index (χ4v) is 3.30. The third-order valence-electron chi connectivity index (χ3n) is 3.77. The molecule has 9 heteroatoms. The van der Waals surface area contributed by atoms with Crippen LogP contribution in [0.1, 0.15) is 11.1 Å². The van der Waals surface area contributed by atoms with E-state index in [1.54, 1.807) is 41.0 Å². The highest BCUT2D eigenvalue weighted by atomic mass is 32.2. The van der Waals surface area contributed by atoms with Crippen LogP contribution in [0.5, 0.6) is 0 Å². The molecule has 4 aromatic rings. The molecule has 27 heavy (non-hydrogen) atoms. The highest BCUT2D eigenvalue weighted by molar-refractivity contribution is 7.98. The zero-order valence-electron chi connectivity index (χ0n) is 13.8. The molecule has 0 aliphatic heterocycles. The first-order chi connectivity index (χ1) is 13.0. The summed E-state index contributed by atoms with van der Waals surface area (Å²) in [6.07, 6.45) is -2.69. The molecule has 0 spiro atoms. The average Bonchev–Trinajstić information content (AvgIpc) is 3.10. The van der Waals surface area contributed by atoms with Crippen LogP contribution in [-0.2, 0) is 11.9 Å². The molecule has 3 aromatic heterocycles. The van der Waals surface area contributed by atoms with E-state index < -0.39 is 11.7 Å². The number of rotatable bonds is 4. The molecule has 136 valence electrons. The molecule has 5 nitrogen and oxygen atoms in total. The Morgan fingerprint density at radius 1 is 0.963 bits per heavy atom. The maximum Gasteiger partial charge on any atom is 0.416 e. The van der Waals surface area contributed by atoms with Gasteiger partial charge in [-0.25, -0.2) is 0 Å². The molecular formula is C18H12F3N5S. The fourth-order valence-electron chi connectivity index (χ4n) is 2.50. The SMILES string of the molecule is FC(F)(F)c1cccc(CSc2ccc3nnc(-c4ccccn4)n3n2)c1. The van der Waals surface area contributed by atoms with Crippen LogP contribution in [0.4, 0.5) is 13.2 Å². The summed E-state index contributed by atoms with van der Waals surface area (Å²) < 4.78 is 40.1. The second-order valence-corrected chi connectivity index (χ2v) is 6.66. The smallest absolute Gasteiger partial charge is 0.253 e. The molecule has 0 N–H and O–H groups in total. The van der Waals surface area contributed by atoms with Crippen LogP contribution in [0.3, 0.4) is 0 Å². The second-order valence-electron chi connectivity index (χ2n) is 5.67. The number of alkyl halides is 3. The Bertz CT molecular complexity index is 1080. The van der Waals surface area contributed by atoms with Gasteiger partial charge in [-0.15, -0.1) is 10.2 Å². The quantitative estimate of drug-likeness (QED) is 0.483. The number of halogens is 3. The summed E-state index contributed by atoms with van der Waals surface area (Å²) in [5, 5.41) is 13.3. The molecule has 0 bridgehead atoms. The molecular weight excluding hydrogens is 375 g/mol. The van der Waals surface area contributed by atoms with E-state index in [1.807, 2.05) is 6.07 Å². The number of benzene rings is 1. The Labute approximate surface area is 156 Å². The number of fused-ring (bicyclic) bond motifs is 1. The Balaban J connectivity index is 1.58. The summed E-state index contributed by atoms with van der Waals surface area (Å²) >= 11 is 1.34. The number of hydrogen-bond acceptors (Lipinski definition) is 5. The molecule has 0 unspecified atom stereocenters. The number of hydrogen-bond donors (Lipinski definition) is 0. The normalized spacial score (nSPS) is 11.8. The summed E-state index contributed by atoms with van der Waals surface area (Å²) in [5.74, 6) is 0.871. The summed E-state index contributed by atoms with van der Waals surface area (Å²) in [4.78, 5) is 4.25. The number of pyridine rings is 1. The van der Waals surface area contributed by atoms with Crippen LogP contribution in [0.15, 0.2) is 65.8 Å². The second kappa shape index (κ2) is 6.99. The first-order valence-electron chi connectivity index (χ1n) is 7.93. The number of thioether (sulfide) groups is 1. The van der Waals surface area contributed by atoms with Crippen molar-refractivity contribution in [2.45, 2.75) is 17.0 Å². The van der Waals surface area contributed by atoms with E-state index in [0.29, 0.717) is 33.5 Å². The molecule has 0 fully saturated rings. The van der Waals surface area contributed by atoms with Crippen molar-refractivity contribution in [1.82, 2.24) is 24.8 Å². The Kier molecular flexibility index (Phi) is 4.53. The van der Waals surface area contributed by atoms with Gasteiger partial charge in [-0.3, -0.25) is 4.98 Å². The molecule has 0 aliphatic rings. The minimum atomic E-state index is -4.35. The minimum Gasteiger partial charge on any atom is -0.253 e. The third-order valence-corrected chi connectivity index (χ3v) is 4.76. The van der Waals surface area contributed by atoms with Crippen molar-refractivity contribution in [3.63, 3.8) is 0 Å². The van der Waals surface area contributed by atoms with Gasteiger partial charge in [0.1, 0.15) is 10.7 Å². The maximum absolute atomic E-state index is 12.8. The Morgan fingerprint density at radius 2 is 1.85 bits per heavy atom. The fraction of sp³-hybridized carbons (Fsp3) is 0.111. The lowest BCUT2D eigenvalue weighted by molar-refractivity contribution is -0.137. The van der Waals surface area contributed by atoms with E-state index in [0.717, 1.165) is 12.1 Å². The largest absolute Gasteiger partial charge is 0.416 e. The van der Waals surface area contributed by atoms with Gasteiger partial charge < -0.3 is 0 Å². The first-order valence-corrected chi connectivity index (χ1v) is 8.92. The predicted molar refractivity (Wildman–Crippen MR) is 95.0 cm³/mol. The predicted octanol–water partition coefficient (Wildman–Crippen LogP) is 4.50. The van der Waals surface area contributed by atoms with Crippen LogP contribution in [0.2, 0.25) is 0 Å². The van der Waals surface area contributed by atoms with Gasteiger partial charge in [-0.05, 0) is 35.9 Å². The highest BCUT2D eigenvalue weighted by Gasteiger charge is 2.30. The summed E-state index contributed by atoms with van der Waals surface area (Å²) in [7, 11) is 0. The standard InChI is InChI=1S/C18H12F3N5S/c19-18(20,21)13-5-3-4-12(10-13)11-27-16-8-7-15-23-24-17(26(15)25-16)14-6-1-2-9-22-14/h1-10H,11H2. The number of nitrogens with zero attached hydrogens (tertiary/aromatic N) is 5. The van der Waals surface area contributed by atoms with E-state index in [9.17, 15) is 13.2 Å². The molecule has 0 saturated carbocycles. The van der Waals surface area contributed by atoms with Crippen molar-refractivity contribution in [2.24, 2.45) is 0 Å². The van der Waals surface area contributed by atoms with E-state index >= 15 is 0 Å². The zero-order chi connectivity index (χ0) is 18.9. The molecule has 4 rings (SSSR count). The highest BCUT2D eigenvalue weighted by Crippen LogP contribution is 2.31. The van der Waals surface area contributed by atoms with E-state index in [4.69, 9.17) is 0 Å². The van der Waals surface area contributed by atoms with Gasteiger partial charge in [-0.2, -0.15) is 22.8 Å². The monoisotopic (exact) mass is 387 g/mol. The number of aromatic nitrogens is 5. The van der Waals surface area contributed by atoms with Crippen LogP contribution in [-0.4, -0.2) is 24.8 Å². The van der Waals surface area contributed by atoms with Gasteiger partial charge in [0.2, 0.25) is 5.82 Å². The first kappa shape index (κ1) is 17.5. The van der Waals surface area contributed by atoms with E-state index in [-0.39, 0.29) is 0 Å². The molecule has 0 atom stereocenters. The van der Waals surface area contributed by atoms with Crippen molar-refractivity contribution < 1.29 is 13.2 Å². The molecule has 0 aliphatic carbocycles. The Morgan fingerprint density at radius 3 is 2.63 bits per heavy atom. The molecule has 0 saturated heterocycles. The van der Waals surface area contributed by atoms with E-state index in [2.05, 4.69) is 20.3 Å². The van der Waals surface area contributed by atoms with E-state index in [1.165, 1.54) is 17.8 Å². The lowest BCUT2D eigenvalue weighted by Crippen LogP contribution is -2.05. The molecule has 0 amide bonds. The van der Waals surface area contributed by atoms with Crippen molar-refractivity contribution in [3.05, 3.63) is 71.9 Å². The van der Waals surface area contributed by atoms with Crippen molar-refractivity contribution >= 4 is 17.4 Å². The van der Waals surface area contributed by atoms with Gasteiger partial charge in [0.05, 0.1) is 5.56 Å². The molecule has 1 aromatic carbocycles. The van der Waals surface area contributed by atoms with Gasteiger partial charge in [0.15, 0.2) is 5.65 Å². The lowest BCUT2D eigenvalue weighted by Gasteiger charge is -2.08. The van der Waals surface area contributed by atoms with Crippen LogP contribution in [0, 0.1) is 0 Å². The topological polar surface area (TPSA) is 56.0 Å².